The van der Waals surface area contributed by atoms with Gasteiger partial charge in [0.25, 0.3) is 0 Å². The van der Waals surface area contributed by atoms with Gasteiger partial charge in [0.15, 0.2) is 0 Å². The molecule has 1 aliphatic rings. The average Bonchev–Trinajstić information content (AvgIpc) is 2.89. The van der Waals surface area contributed by atoms with Crippen molar-refractivity contribution >= 4 is 33.2 Å². The molecule has 0 aliphatic carbocycles. The Hall–Kier alpha value is -1.89. The number of amides is 1. The van der Waals surface area contributed by atoms with Crippen LogP contribution in [0.5, 0.6) is 0 Å². The van der Waals surface area contributed by atoms with E-state index in [1.54, 1.807) is 4.90 Å². The van der Waals surface area contributed by atoms with E-state index in [2.05, 4.69) is 0 Å². The Morgan fingerprint density at radius 3 is 2.43 bits per heavy atom. The summed E-state index contributed by atoms with van der Waals surface area (Å²) >= 11 is 6.16. The van der Waals surface area contributed by atoms with E-state index in [4.69, 9.17) is 16.7 Å². The van der Waals surface area contributed by atoms with Gasteiger partial charge in [-0.15, -0.1) is 0 Å². The lowest BCUT2D eigenvalue weighted by Crippen LogP contribution is -2.26. The number of primary sulfonamides is 1. The highest BCUT2D eigenvalue weighted by Gasteiger charge is 2.34. The number of hydrogen-bond donors (Lipinski definition) is 1. The van der Waals surface area contributed by atoms with Crippen molar-refractivity contribution in [2.75, 3.05) is 11.4 Å². The van der Waals surface area contributed by atoms with Crippen LogP contribution >= 0.6 is 11.6 Å². The van der Waals surface area contributed by atoms with Crippen molar-refractivity contribution in [3.05, 3.63) is 59.1 Å². The molecule has 0 bridgehead atoms. The van der Waals surface area contributed by atoms with Gasteiger partial charge in [-0.2, -0.15) is 0 Å². The second-order valence-electron chi connectivity index (χ2n) is 5.40. The van der Waals surface area contributed by atoms with Gasteiger partial charge in [-0.25, -0.2) is 13.6 Å². The van der Waals surface area contributed by atoms with E-state index in [1.165, 1.54) is 18.2 Å². The van der Waals surface area contributed by atoms with E-state index in [0.29, 0.717) is 18.7 Å². The summed E-state index contributed by atoms with van der Waals surface area (Å²) < 4.78 is 22.7. The van der Waals surface area contributed by atoms with Crippen LogP contribution in [0.2, 0.25) is 5.02 Å². The van der Waals surface area contributed by atoms with Crippen LogP contribution in [0.15, 0.2) is 53.4 Å². The van der Waals surface area contributed by atoms with E-state index in [1.807, 2.05) is 30.3 Å². The maximum atomic E-state index is 12.7. The highest BCUT2D eigenvalue weighted by molar-refractivity contribution is 7.89. The molecule has 0 spiro atoms. The first kappa shape index (κ1) is 16.0. The van der Waals surface area contributed by atoms with E-state index in [-0.39, 0.29) is 21.7 Å². The summed E-state index contributed by atoms with van der Waals surface area (Å²) in [6.07, 6.45) is 0.691. The van der Waals surface area contributed by atoms with Crippen LogP contribution in [0.4, 0.5) is 5.69 Å². The number of nitrogens with zero attached hydrogens (tertiary/aromatic N) is 1. The molecule has 0 aromatic heterocycles. The number of carbonyl (C=O) groups excluding carboxylic acids is 1. The highest BCUT2D eigenvalue weighted by Crippen LogP contribution is 2.36. The molecule has 2 aromatic rings. The van der Waals surface area contributed by atoms with Gasteiger partial charge in [0.2, 0.25) is 15.9 Å². The van der Waals surface area contributed by atoms with Gasteiger partial charge in [-0.1, -0.05) is 41.9 Å². The third-order valence-electron chi connectivity index (χ3n) is 3.95. The molecule has 1 unspecified atom stereocenters. The topological polar surface area (TPSA) is 80.5 Å². The molecule has 5 nitrogen and oxygen atoms in total. The zero-order valence-electron chi connectivity index (χ0n) is 12.1. The van der Waals surface area contributed by atoms with Crippen LogP contribution < -0.4 is 10.0 Å². The smallest absolute Gasteiger partial charge is 0.238 e. The van der Waals surface area contributed by atoms with Gasteiger partial charge in [-0.3, -0.25) is 4.79 Å². The lowest BCUT2D eigenvalue weighted by molar-refractivity contribution is -0.118. The molecule has 3 rings (SSSR count). The number of rotatable bonds is 3. The van der Waals surface area contributed by atoms with Crippen molar-refractivity contribution in [2.45, 2.75) is 17.2 Å². The summed E-state index contributed by atoms with van der Waals surface area (Å²) in [5.74, 6) is -0.244. The number of hydrogen-bond acceptors (Lipinski definition) is 3. The van der Waals surface area contributed by atoms with Gasteiger partial charge in [0, 0.05) is 6.54 Å². The Labute approximate surface area is 139 Å². The number of carbonyl (C=O) groups is 1. The van der Waals surface area contributed by atoms with Gasteiger partial charge in [0.1, 0.15) is 0 Å². The molecular weight excluding hydrogens is 336 g/mol. The maximum absolute atomic E-state index is 12.7. The molecule has 120 valence electrons. The zero-order chi connectivity index (χ0) is 16.6. The van der Waals surface area contributed by atoms with E-state index >= 15 is 0 Å². The minimum absolute atomic E-state index is 0.0403. The molecular formula is C16H15ClN2O3S. The van der Waals surface area contributed by atoms with Crippen molar-refractivity contribution in [3.8, 4) is 0 Å². The largest absolute Gasteiger partial charge is 0.310 e. The molecule has 0 saturated carbocycles. The SMILES string of the molecule is NS(=O)(=O)c1ccc(N2CCC(c3ccccc3)C2=O)c(Cl)c1. The normalized spacial score (nSPS) is 18.4. The van der Waals surface area contributed by atoms with Crippen LogP contribution in [0.25, 0.3) is 0 Å². The van der Waals surface area contributed by atoms with Gasteiger partial charge in [-0.05, 0) is 30.2 Å². The molecule has 1 heterocycles. The molecule has 0 radical (unpaired) electrons. The Morgan fingerprint density at radius 1 is 1.13 bits per heavy atom. The van der Waals surface area contributed by atoms with Crippen LogP contribution in [-0.2, 0) is 14.8 Å². The number of nitrogens with two attached hydrogens (primary N) is 1. The molecule has 1 aliphatic heterocycles. The maximum Gasteiger partial charge on any atom is 0.238 e. The quantitative estimate of drug-likeness (QED) is 0.923. The summed E-state index contributed by atoms with van der Waals surface area (Å²) in [4.78, 5) is 14.2. The number of sulfonamides is 1. The predicted molar refractivity (Wildman–Crippen MR) is 89.0 cm³/mol. The van der Waals surface area contributed by atoms with Gasteiger partial charge in [0.05, 0.1) is 21.5 Å². The fourth-order valence-electron chi connectivity index (χ4n) is 2.80. The molecule has 23 heavy (non-hydrogen) atoms. The molecule has 1 saturated heterocycles. The lowest BCUT2D eigenvalue weighted by Gasteiger charge is -2.19. The molecule has 2 aromatic carbocycles. The number of halogens is 1. The second kappa shape index (κ2) is 5.96. The highest BCUT2D eigenvalue weighted by atomic mass is 35.5. The third kappa shape index (κ3) is 3.10. The first-order chi connectivity index (χ1) is 10.9. The molecule has 1 fully saturated rings. The molecule has 7 heteroatoms. The summed E-state index contributed by atoms with van der Waals surface area (Å²) in [7, 11) is -3.82. The summed E-state index contributed by atoms with van der Waals surface area (Å²) in [6.45, 7) is 0.535. The monoisotopic (exact) mass is 350 g/mol. The lowest BCUT2D eigenvalue weighted by atomic mass is 9.98. The van der Waals surface area contributed by atoms with Gasteiger partial charge >= 0.3 is 0 Å². The van der Waals surface area contributed by atoms with Crippen LogP contribution in [0.1, 0.15) is 17.9 Å². The zero-order valence-corrected chi connectivity index (χ0v) is 13.7. The second-order valence-corrected chi connectivity index (χ2v) is 7.37. The summed E-state index contributed by atoms with van der Waals surface area (Å²) in [5.41, 5.74) is 1.47. The minimum atomic E-state index is -3.82. The number of anilines is 1. The van der Waals surface area contributed by atoms with E-state index in [0.717, 1.165) is 5.56 Å². The van der Waals surface area contributed by atoms with Crippen LogP contribution in [0.3, 0.4) is 0 Å². The first-order valence-electron chi connectivity index (χ1n) is 7.06. The van der Waals surface area contributed by atoms with Crippen LogP contribution in [0, 0.1) is 0 Å². The Morgan fingerprint density at radius 2 is 1.83 bits per heavy atom. The van der Waals surface area contributed by atoms with E-state index in [9.17, 15) is 13.2 Å². The van der Waals surface area contributed by atoms with Crippen LogP contribution in [-0.4, -0.2) is 20.9 Å². The number of benzene rings is 2. The fourth-order valence-corrected chi connectivity index (χ4v) is 3.68. The molecule has 1 atom stereocenters. The first-order valence-corrected chi connectivity index (χ1v) is 8.99. The Bertz CT molecular complexity index is 853. The van der Waals surface area contributed by atoms with Crippen molar-refractivity contribution in [1.82, 2.24) is 0 Å². The summed E-state index contributed by atoms with van der Waals surface area (Å²) in [5, 5.41) is 5.28. The molecule has 1 amide bonds. The van der Waals surface area contributed by atoms with Crippen molar-refractivity contribution in [1.29, 1.82) is 0 Å². The minimum Gasteiger partial charge on any atom is -0.310 e. The Balaban J connectivity index is 1.91. The predicted octanol–water partition coefficient (Wildman–Crippen LogP) is 2.51. The van der Waals surface area contributed by atoms with E-state index < -0.39 is 10.0 Å². The van der Waals surface area contributed by atoms with Crippen molar-refractivity contribution < 1.29 is 13.2 Å². The molecule has 2 N–H and O–H groups in total. The summed E-state index contributed by atoms with van der Waals surface area (Å²) in [6, 6.07) is 13.7. The average molecular weight is 351 g/mol. The van der Waals surface area contributed by atoms with Crippen molar-refractivity contribution in [2.24, 2.45) is 5.14 Å². The standard InChI is InChI=1S/C16H15ClN2O3S/c17-14-10-12(23(18,21)22)6-7-15(14)19-9-8-13(16(19)20)11-4-2-1-3-5-11/h1-7,10,13H,8-9H2,(H2,18,21,22). The van der Waals surface area contributed by atoms with Gasteiger partial charge < -0.3 is 4.90 Å². The third-order valence-corrected chi connectivity index (χ3v) is 5.16. The fraction of sp³-hybridized carbons (Fsp3) is 0.188. The Kier molecular flexibility index (Phi) is 4.14. The van der Waals surface area contributed by atoms with Crippen molar-refractivity contribution in [3.63, 3.8) is 0 Å².